The zero-order valence-corrected chi connectivity index (χ0v) is 10.3. The molecule has 0 aliphatic rings. The zero-order valence-electron chi connectivity index (χ0n) is 10.3. The van der Waals surface area contributed by atoms with Gasteiger partial charge in [-0.2, -0.15) is 0 Å². The van der Waals surface area contributed by atoms with Crippen LogP contribution >= 0.6 is 0 Å². The second-order valence-corrected chi connectivity index (χ2v) is 3.94. The third-order valence-corrected chi connectivity index (χ3v) is 2.44. The van der Waals surface area contributed by atoms with E-state index in [1.165, 1.54) is 0 Å². The number of rotatable bonds is 6. The van der Waals surface area contributed by atoms with Gasteiger partial charge in [-0.25, -0.2) is 15.6 Å². The Bertz CT molecular complexity index is 327. The predicted octanol–water partition coefficient (Wildman–Crippen LogP) is 2.69. The quantitative estimate of drug-likeness (QED) is 0.357. The normalized spacial score (nSPS) is 10.0. The van der Waals surface area contributed by atoms with Crippen molar-refractivity contribution in [3.8, 4) is 0 Å². The Labute approximate surface area is 102 Å². The minimum Gasteiger partial charge on any atom is -0.444 e. The summed E-state index contributed by atoms with van der Waals surface area (Å²) in [6, 6.07) is 9.55. The number of hydrogen-bond donors (Lipinski definition) is 1. The molecular weight excluding hydrogens is 216 g/mol. The van der Waals surface area contributed by atoms with E-state index in [1.54, 1.807) is 0 Å². The number of carbonyl (C=O) groups excluding carboxylic acids is 1. The van der Waals surface area contributed by atoms with Crippen molar-refractivity contribution in [3.63, 3.8) is 0 Å². The Hall–Kier alpha value is -1.55. The van der Waals surface area contributed by atoms with E-state index in [4.69, 9.17) is 10.6 Å². The first kappa shape index (κ1) is 13.5. The molecule has 1 rings (SSSR count). The number of unbranched alkanes of at least 4 members (excludes halogenated alkanes) is 2. The van der Waals surface area contributed by atoms with Gasteiger partial charge >= 0.3 is 6.09 Å². The molecule has 0 heterocycles. The molecule has 0 saturated heterocycles. The highest BCUT2D eigenvalue weighted by Crippen LogP contribution is 2.02. The third kappa shape index (κ3) is 5.36. The SMILES string of the molecule is CCCCCN(N)C(=O)OCc1ccccc1. The second-order valence-electron chi connectivity index (χ2n) is 3.94. The monoisotopic (exact) mass is 236 g/mol. The minimum absolute atomic E-state index is 0.265. The maximum atomic E-state index is 11.5. The van der Waals surface area contributed by atoms with Gasteiger partial charge in [0.1, 0.15) is 6.61 Å². The van der Waals surface area contributed by atoms with E-state index in [2.05, 4.69) is 6.92 Å². The fourth-order valence-corrected chi connectivity index (χ4v) is 1.43. The van der Waals surface area contributed by atoms with Crippen LogP contribution in [0.3, 0.4) is 0 Å². The van der Waals surface area contributed by atoms with Gasteiger partial charge in [-0.15, -0.1) is 0 Å². The molecule has 0 spiro atoms. The number of hydrazine groups is 1. The number of amides is 1. The molecule has 94 valence electrons. The number of nitrogens with zero attached hydrogens (tertiary/aromatic N) is 1. The largest absolute Gasteiger partial charge is 0.444 e. The zero-order chi connectivity index (χ0) is 12.5. The number of benzene rings is 1. The topological polar surface area (TPSA) is 55.6 Å². The van der Waals surface area contributed by atoms with Crippen LogP contribution in [0.25, 0.3) is 0 Å². The van der Waals surface area contributed by atoms with Gasteiger partial charge in [-0.05, 0) is 12.0 Å². The number of hydrogen-bond acceptors (Lipinski definition) is 3. The van der Waals surface area contributed by atoms with Crippen LogP contribution < -0.4 is 5.84 Å². The molecule has 0 aromatic heterocycles. The van der Waals surface area contributed by atoms with E-state index in [0.717, 1.165) is 29.8 Å². The van der Waals surface area contributed by atoms with Crippen molar-refractivity contribution < 1.29 is 9.53 Å². The van der Waals surface area contributed by atoms with Gasteiger partial charge in [0.05, 0.1) is 0 Å². The molecule has 0 radical (unpaired) electrons. The van der Waals surface area contributed by atoms with Crippen molar-refractivity contribution in [2.75, 3.05) is 6.54 Å². The first-order valence-corrected chi connectivity index (χ1v) is 5.97. The lowest BCUT2D eigenvalue weighted by Crippen LogP contribution is -2.38. The molecule has 0 aliphatic carbocycles. The van der Waals surface area contributed by atoms with Gasteiger partial charge in [0.25, 0.3) is 0 Å². The Morgan fingerprint density at radius 1 is 1.29 bits per heavy atom. The summed E-state index contributed by atoms with van der Waals surface area (Å²) in [6.07, 6.45) is 2.62. The Morgan fingerprint density at radius 3 is 2.65 bits per heavy atom. The smallest absolute Gasteiger partial charge is 0.424 e. The summed E-state index contributed by atoms with van der Waals surface area (Å²) >= 11 is 0. The maximum absolute atomic E-state index is 11.5. The molecule has 4 nitrogen and oxygen atoms in total. The molecule has 2 N–H and O–H groups in total. The lowest BCUT2D eigenvalue weighted by Gasteiger charge is -2.16. The molecule has 1 aromatic carbocycles. The van der Waals surface area contributed by atoms with Crippen molar-refractivity contribution in [2.24, 2.45) is 5.84 Å². The minimum atomic E-state index is -0.468. The fraction of sp³-hybridized carbons (Fsp3) is 0.462. The van der Waals surface area contributed by atoms with Gasteiger partial charge in [0.2, 0.25) is 0 Å². The van der Waals surface area contributed by atoms with Crippen molar-refractivity contribution in [3.05, 3.63) is 35.9 Å². The van der Waals surface area contributed by atoms with Gasteiger partial charge in [0, 0.05) is 6.54 Å². The number of ether oxygens (including phenoxy) is 1. The third-order valence-electron chi connectivity index (χ3n) is 2.44. The Morgan fingerprint density at radius 2 is 2.00 bits per heavy atom. The van der Waals surface area contributed by atoms with E-state index >= 15 is 0 Å². The molecule has 0 saturated carbocycles. The summed E-state index contributed by atoms with van der Waals surface area (Å²) in [7, 11) is 0. The van der Waals surface area contributed by atoms with Crippen LogP contribution in [-0.2, 0) is 11.3 Å². The summed E-state index contributed by atoms with van der Waals surface area (Å²) in [6.45, 7) is 2.91. The first-order valence-electron chi connectivity index (χ1n) is 5.97. The summed E-state index contributed by atoms with van der Waals surface area (Å²) in [4.78, 5) is 11.5. The molecule has 0 fully saturated rings. The van der Waals surface area contributed by atoms with Crippen molar-refractivity contribution >= 4 is 6.09 Å². The molecule has 4 heteroatoms. The first-order chi connectivity index (χ1) is 8.24. The van der Waals surface area contributed by atoms with Crippen LogP contribution in [0.15, 0.2) is 30.3 Å². The van der Waals surface area contributed by atoms with Gasteiger partial charge in [0.15, 0.2) is 0 Å². The van der Waals surface area contributed by atoms with E-state index in [0.29, 0.717) is 6.54 Å². The maximum Gasteiger partial charge on any atom is 0.424 e. The van der Waals surface area contributed by atoms with Gasteiger partial charge in [-0.3, -0.25) is 0 Å². The highest BCUT2D eigenvalue weighted by molar-refractivity contribution is 5.66. The van der Waals surface area contributed by atoms with Crippen molar-refractivity contribution in [2.45, 2.75) is 32.8 Å². The average Bonchev–Trinajstić information content (AvgIpc) is 2.37. The van der Waals surface area contributed by atoms with E-state index in [9.17, 15) is 4.79 Å². The van der Waals surface area contributed by atoms with Crippen molar-refractivity contribution in [1.82, 2.24) is 5.01 Å². The van der Waals surface area contributed by atoms with Crippen LogP contribution in [0.1, 0.15) is 31.7 Å². The molecule has 17 heavy (non-hydrogen) atoms. The lowest BCUT2D eigenvalue weighted by atomic mass is 10.2. The van der Waals surface area contributed by atoms with Crippen LogP contribution in [0, 0.1) is 0 Å². The average molecular weight is 236 g/mol. The van der Waals surface area contributed by atoms with E-state index < -0.39 is 6.09 Å². The van der Waals surface area contributed by atoms with Gasteiger partial charge in [-0.1, -0.05) is 50.1 Å². The molecule has 0 unspecified atom stereocenters. The van der Waals surface area contributed by atoms with Crippen LogP contribution in [0.2, 0.25) is 0 Å². The van der Waals surface area contributed by atoms with Crippen LogP contribution in [-0.4, -0.2) is 17.6 Å². The van der Waals surface area contributed by atoms with Crippen LogP contribution in [0.4, 0.5) is 4.79 Å². The predicted molar refractivity (Wildman–Crippen MR) is 67.0 cm³/mol. The van der Waals surface area contributed by atoms with Gasteiger partial charge < -0.3 is 4.74 Å². The highest BCUT2D eigenvalue weighted by atomic mass is 16.6. The summed E-state index contributed by atoms with van der Waals surface area (Å²) < 4.78 is 5.08. The number of carbonyl (C=O) groups is 1. The Balaban J connectivity index is 2.24. The lowest BCUT2D eigenvalue weighted by molar-refractivity contribution is 0.0956. The Kier molecular flexibility index (Phi) is 6.10. The standard InChI is InChI=1S/C13H20N2O2/c1-2-3-7-10-15(14)13(16)17-11-12-8-5-4-6-9-12/h4-6,8-9H,2-3,7,10-11,14H2,1H3. The fourth-order valence-electron chi connectivity index (χ4n) is 1.43. The molecule has 0 bridgehead atoms. The molecular formula is C13H20N2O2. The molecule has 0 atom stereocenters. The number of nitrogens with two attached hydrogens (primary N) is 1. The van der Waals surface area contributed by atoms with Crippen molar-refractivity contribution in [1.29, 1.82) is 0 Å². The molecule has 1 aromatic rings. The highest BCUT2D eigenvalue weighted by Gasteiger charge is 2.09. The van der Waals surface area contributed by atoms with E-state index in [-0.39, 0.29) is 6.61 Å². The molecule has 1 amide bonds. The van der Waals surface area contributed by atoms with E-state index in [1.807, 2.05) is 30.3 Å². The summed E-state index contributed by atoms with van der Waals surface area (Å²) in [5.74, 6) is 5.58. The van der Waals surface area contributed by atoms with Crippen LogP contribution in [0.5, 0.6) is 0 Å². The summed E-state index contributed by atoms with van der Waals surface area (Å²) in [5, 5.41) is 1.14. The second kappa shape index (κ2) is 7.68. The molecule has 0 aliphatic heterocycles. The summed E-state index contributed by atoms with van der Waals surface area (Å²) in [5.41, 5.74) is 0.961.